The average molecular weight is 277 g/mol. The van der Waals surface area contributed by atoms with Crippen molar-refractivity contribution in [2.45, 2.75) is 58.5 Å². The van der Waals surface area contributed by atoms with Crippen LogP contribution in [-0.4, -0.2) is 37.9 Å². The predicted molar refractivity (Wildman–Crippen MR) is 74.4 cm³/mol. The predicted octanol–water partition coefficient (Wildman–Crippen LogP) is 1.07. The maximum atomic E-state index is 12.3. The van der Waals surface area contributed by atoms with Crippen molar-refractivity contribution in [2.24, 2.45) is 11.7 Å². The summed E-state index contributed by atoms with van der Waals surface area (Å²) in [7, 11) is -3.40. The number of piperidine rings is 1. The summed E-state index contributed by atoms with van der Waals surface area (Å²) in [5.74, 6) is 0.334. The summed E-state index contributed by atoms with van der Waals surface area (Å²) in [4.78, 5) is 0. The Hall–Kier alpha value is -0.170. The molecule has 1 aliphatic rings. The van der Waals surface area contributed by atoms with Crippen molar-refractivity contribution in [2.75, 3.05) is 13.1 Å². The minimum Gasteiger partial charge on any atom is -0.329 e. The molecule has 0 aromatic heterocycles. The lowest BCUT2D eigenvalue weighted by molar-refractivity contribution is 0.251. The molecule has 3 atom stereocenters. The Labute approximate surface area is 111 Å². The summed E-state index contributed by atoms with van der Waals surface area (Å²) < 4.78 is 29.0. The zero-order chi connectivity index (χ0) is 13.8. The van der Waals surface area contributed by atoms with Crippen LogP contribution in [0.2, 0.25) is 0 Å². The molecule has 0 saturated carbocycles. The Balaban J connectivity index is 2.72. The van der Waals surface area contributed by atoms with Gasteiger partial charge in [0.1, 0.15) is 0 Å². The minimum atomic E-state index is -3.40. The van der Waals surface area contributed by atoms with Crippen molar-refractivity contribution < 1.29 is 8.42 Å². The highest BCUT2D eigenvalue weighted by Crippen LogP contribution is 2.20. The molecule has 5 nitrogen and oxygen atoms in total. The fraction of sp³-hybridized carbons (Fsp3) is 1.00. The summed E-state index contributed by atoms with van der Waals surface area (Å²) in [5.41, 5.74) is 5.67. The monoisotopic (exact) mass is 277 g/mol. The zero-order valence-corrected chi connectivity index (χ0v) is 12.5. The number of hydrogen-bond acceptors (Lipinski definition) is 3. The van der Waals surface area contributed by atoms with Crippen molar-refractivity contribution >= 4 is 10.2 Å². The fourth-order valence-corrected chi connectivity index (χ4v) is 4.09. The first kappa shape index (κ1) is 15.9. The van der Waals surface area contributed by atoms with E-state index in [-0.39, 0.29) is 12.1 Å². The van der Waals surface area contributed by atoms with Crippen LogP contribution in [0.3, 0.4) is 0 Å². The van der Waals surface area contributed by atoms with Crippen molar-refractivity contribution in [3.63, 3.8) is 0 Å². The van der Waals surface area contributed by atoms with Crippen LogP contribution in [0.25, 0.3) is 0 Å². The van der Waals surface area contributed by atoms with Gasteiger partial charge in [-0.05, 0) is 25.7 Å². The third kappa shape index (κ3) is 3.91. The molecule has 0 aromatic rings. The molecule has 3 N–H and O–H groups in total. The van der Waals surface area contributed by atoms with E-state index in [1.807, 2.05) is 6.92 Å². The van der Waals surface area contributed by atoms with Crippen LogP contribution in [0.15, 0.2) is 0 Å². The lowest BCUT2D eigenvalue weighted by Crippen LogP contribution is -2.54. The van der Waals surface area contributed by atoms with E-state index in [1.165, 1.54) is 0 Å². The van der Waals surface area contributed by atoms with Gasteiger partial charge in [-0.1, -0.05) is 26.7 Å². The Morgan fingerprint density at radius 2 is 2.06 bits per heavy atom. The number of rotatable bonds is 6. The highest BCUT2D eigenvalue weighted by atomic mass is 32.2. The van der Waals surface area contributed by atoms with Crippen LogP contribution in [0, 0.1) is 5.92 Å². The molecule has 0 amide bonds. The van der Waals surface area contributed by atoms with Gasteiger partial charge in [-0.3, -0.25) is 0 Å². The Kier molecular flexibility index (Phi) is 6.04. The van der Waals surface area contributed by atoms with Gasteiger partial charge in [0.2, 0.25) is 0 Å². The topological polar surface area (TPSA) is 75.4 Å². The molecule has 1 saturated heterocycles. The molecule has 108 valence electrons. The molecule has 3 unspecified atom stereocenters. The van der Waals surface area contributed by atoms with Gasteiger partial charge in [0.25, 0.3) is 10.2 Å². The summed E-state index contributed by atoms with van der Waals surface area (Å²) in [5, 5.41) is 0. The third-order valence-electron chi connectivity index (χ3n) is 3.99. The maximum Gasteiger partial charge on any atom is 0.279 e. The maximum absolute atomic E-state index is 12.3. The van der Waals surface area contributed by atoms with Gasteiger partial charge < -0.3 is 5.73 Å². The Morgan fingerprint density at radius 1 is 1.39 bits per heavy atom. The highest BCUT2D eigenvalue weighted by Gasteiger charge is 2.32. The van der Waals surface area contributed by atoms with Gasteiger partial charge in [0, 0.05) is 25.2 Å². The van der Waals surface area contributed by atoms with Gasteiger partial charge >= 0.3 is 0 Å². The molecule has 1 aliphatic heterocycles. The molecular weight excluding hydrogens is 250 g/mol. The minimum absolute atomic E-state index is 0.0413. The van der Waals surface area contributed by atoms with E-state index >= 15 is 0 Å². The summed E-state index contributed by atoms with van der Waals surface area (Å²) in [6.07, 6.45) is 3.82. The largest absolute Gasteiger partial charge is 0.329 e. The second kappa shape index (κ2) is 6.84. The second-order valence-electron chi connectivity index (χ2n) is 5.29. The second-order valence-corrected chi connectivity index (χ2v) is 6.95. The van der Waals surface area contributed by atoms with E-state index in [0.717, 1.165) is 25.7 Å². The molecule has 0 spiro atoms. The van der Waals surface area contributed by atoms with E-state index < -0.39 is 10.2 Å². The molecule has 0 radical (unpaired) electrons. The summed E-state index contributed by atoms with van der Waals surface area (Å²) >= 11 is 0. The number of nitrogens with one attached hydrogen (secondary N) is 1. The van der Waals surface area contributed by atoms with Crippen LogP contribution in [0.5, 0.6) is 0 Å². The summed E-state index contributed by atoms with van der Waals surface area (Å²) in [6, 6.07) is -0.0827. The molecule has 6 heteroatoms. The SMILES string of the molecule is CCC(C)C(C)NS(=O)(=O)N1CCCCC1CN. The zero-order valence-electron chi connectivity index (χ0n) is 11.7. The number of nitrogens with two attached hydrogens (primary N) is 1. The van der Waals surface area contributed by atoms with E-state index in [0.29, 0.717) is 19.0 Å². The van der Waals surface area contributed by atoms with Crippen LogP contribution in [0.1, 0.15) is 46.5 Å². The molecule has 1 fully saturated rings. The van der Waals surface area contributed by atoms with E-state index in [9.17, 15) is 8.42 Å². The van der Waals surface area contributed by atoms with E-state index in [4.69, 9.17) is 5.73 Å². The first-order valence-corrected chi connectivity index (χ1v) is 8.35. The van der Waals surface area contributed by atoms with Crippen molar-refractivity contribution in [3.8, 4) is 0 Å². The van der Waals surface area contributed by atoms with Gasteiger partial charge in [-0.15, -0.1) is 0 Å². The number of nitrogens with zero attached hydrogens (tertiary/aromatic N) is 1. The molecular formula is C12H27N3O2S. The lowest BCUT2D eigenvalue weighted by Gasteiger charge is -2.35. The molecule has 0 bridgehead atoms. The van der Waals surface area contributed by atoms with Crippen LogP contribution in [0.4, 0.5) is 0 Å². The van der Waals surface area contributed by atoms with Crippen molar-refractivity contribution in [1.29, 1.82) is 0 Å². The average Bonchev–Trinajstić information content (AvgIpc) is 2.37. The molecule has 1 heterocycles. The van der Waals surface area contributed by atoms with Gasteiger partial charge in [-0.2, -0.15) is 17.4 Å². The Bertz CT molecular complexity index is 345. The lowest BCUT2D eigenvalue weighted by atomic mass is 10.0. The molecule has 0 aromatic carbocycles. The first-order chi connectivity index (χ1) is 8.42. The quantitative estimate of drug-likeness (QED) is 0.762. The van der Waals surface area contributed by atoms with Gasteiger partial charge in [0.05, 0.1) is 0 Å². The van der Waals surface area contributed by atoms with E-state index in [1.54, 1.807) is 4.31 Å². The standard InChI is InChI=1S/C12H27N3O2S/c1-4-10(2)11(3)14-18(16,17)15-8-6-5-7-12(15)9-13/h10-12,14H,4-9,13H2,1-3H3. The first-order valence-electron chi connectivity index (χ1n) is 6.91. The van der Waals surface area contributed by atoms with Gasteiger partial charge in [-0.25, -0.2) is 0 Å². The summed E-state index contributed by atoms with van der Waals surface area (Å²) in [6.45, 7) is 7.04. The molecule has 0 aliphatic carbocycles. The van der Waals surface area contributed by atoms with Crippen LogP contribution < -0.4 is 10.5 Å². The smallest absolute Gasteiger partial charge is 0.279 e. The highest BCUT2D eigenvalue weighted by molar-refractivity contribution is 7.87. The van der Waals surface area contributed by atoms with E-state index in [2.05, 4.69) is 18.6 Å². The van der Waals surface area contributed by atoms with Crippen molar-refractivity contribution in [3.05, 3.63) is 0 Å². The normalized spacial score (nSPS) is 25.9. The van der Waals surface area contributed by atoms with Crippen LogP contribution in [-0.2, 0) is 10.2 Å². The van der Waals surface area contributed by atoms with Crippen LogP contribution >= 0.6 is 0 Å². The molecule has 18 heavy (non-hydrogen) atoms. The van der Waals surface area contributed by atoms with Gasteiger partial charge in [0.15, 0.2) is 0 Å². The van der Waals surface area contributed by atoms with Crippen molar-refractivity contribution in [1.82, 2.24) is 9.03 Å². The fourth-order valence-electron chi connectivity index (χ4n) is 2.30. The number of hydrogen-bond donors (Lipinski definition) is 2. The molecule has 1 rings (SSSR count). The third-order valence-corrected chi connectivity index (χ3v) is 5.75. The Morgan fingerprint density at radius 3 is 2.61 bits per heavy atom.